The van der Waals surface area contributed by atoms with Crippen LogP contribution in [0.4, 0.5) is 0 Å². The molecule has 120 valence electrons. The maximum absolute atomic E-state index is 10.4. The van der Waals surface area contributed by atoms with Gasteiger partial charge in [0.1, 0.15) is 11.5 Å². The van der Waals surface area contributed by atoms with Crippen LogP contribution in [0.1, 0.15) is 28.7 Å². The van der Waals surface area contributed by atoms with Crippen molar-refractivity contribution in [3.63, 3.8) is 0 Å². The molecule has 0 amide bonds. The number of phenolic OH excluding ortho intramolecular Hbond substituents is 2. The van der Waals surface area contributed by atoms with Crippen LogP contribution in [-0.2, 0) is 4.74 Å². The summed E-state index contributed by atoms with van der Waals surface area (Å²) in [4.78, 5) is 0. The molecule has 2 N–H and O–H groups in total. The van der Waals surface area contributed by atoms with Crippen LogP contribution in [0.2, 0.25) is 0 Å². The van der Waals surface area contributed by atoms with E-state index in [2.05, 4.69) is 24.3 Å². The van der Waals surface area contributed by atoms with Crippen molar-refractivity contribution in [3.8, 4) is 22.6 Å². The van der Waals surface area contributed by atoms with Gasteiger partial charge in [-0.1, -0.05) is 48.5 Å². The molecular weight excluding hydrogens is 300 g/mol. The van der Waals surface area contributed by atoms with E-state index in [4.69, 9.17) is 4.74 Å². The van der Waals surface area contributed by atoms with E-state index in [1.807, 2.05) is 24.3 Å². The predicted molar refractivity (Wildman–Crippen MR) is 93.2 cm³/mol. The van der Waals surface area contributed by atoms with Crippen LogP contribution < -0.4 is 0 Å². The predicted octanol–water partition coefficient (Wildman–Crippen LogP) is 4.60. The lowest BCUT2D eigenvalue weighted by Crippen LogP contribution is -2.20. The topological polar surface area (TPSA) is 49.7 Å². The molecule has 0 bridgehead atoms. The summed E-state index contributed by atoms with van der Waals surface area (Å²) in [6.45, 7) is 0. The molecule has 0 aliphatic heterocycles. The summed E-state index contributed by atoms with van der Waals surface area (Å²) in [7, 11) is 1.68. The number of fused-ring (bicyclic) bond motifs is 3. The van der Waals surface area contributed by atoms with Gasteiger partial charge < -0.3 is 14.9 Å². The van der Waals surface area contributed by atoms with Crippen LogP contribution in [0.15, 0.2) is 66.7 Å². The van der Waals surface area contributed by atoms with Crippen LogP contribution in [0.25, 0.3) is 11.1 Å². The second-order valence-corrected chi connectivity index (χ2v) is 6.05. The van der Waals surface area contributed by atoms with Crippen molar-refractivity contribution in [3.05, 3.63) is 83.4 Å². The normalized spacial score (nSPS) is 18.7. The molecule has 4 rings (SSSR count). The van der Waals surface area contributed by atoms with E-state index in [9.17, 15) is 10.2 Å². The molecular formula is C21H18O3. The molecule has 2 unspecified atom stereocenters. The molecule has 3 aromatic carbocycles. The Balaban J connectivity index is 2.02. The lowest BCUT2D eigenvalue weighted by Gasteiger charge is -2.35. The molecule has 2 atom stereocenters. The van der Waals surface area contributed by atoms with Crippen molar-refractivity contribution in [2.75, 3.05) is 7.11 Å². The van der Waals surface area contributed by atoms with Crippen molar-refractivity contribution >= 4 is 0 Å². The molecule has 3 nitrogen and oxygen atoms in total. The number of hydrogen-bond acceptors (Lipinski definition) is 3. The second-order valence-electron chi connectivity index (χ2n) is 6.05. The fourth-order valence-corrected chi connectivity index (χ4v) is 3.73. The largest absolute Gasteiger partial charge is 0.508 e. The highest BCUT2D eigenvalue weighted by molar-refractivity contribution is 5.76. The highest BCUT2D eigenvalue weighted by Crippen LogP contribution is 2.51. The van der Waals surface area contributed by atoms with Gasteiger partial charge in [0, 0.05) is 18.6 Å². The Bertz CT molecular complexity index is 901. The maximum atomic E-state index is 10.4. The average Bonchev–Trinajstić information content (AvgIpc) is 2.62. The molecule has 3 heteroatoms. The summed E-state index contributed by atoms with van der Waals surface area (Å²) in [5.74, 6) is 0.108. The minimum absolute atomic E-state index is 0.133. The van der Waals surface area contributed by atoms with E-state index >= 15 is 0 Å². The van der Waals surface area contributed by atoms with E-state index in [1.165, 1.54) is 12.1 Å². The van der Waals surface area contributed by atoms with Gasteiger partial charge in [0.25, 0.3) is 0 Å². The van der Waals surface area contributed by atoms with Crippen molar-refractivity contribution in [2.24, 2.45) is 0 Å². The Labute approximate surface area is 140 Å². The van der Waals surface area contributed by atoms with E-state index in [0.717, 1.165) is 22.3 Å². The third kappa shape index (κ3) is 2.17. The van der Waals surface area contributed by atoms with Crippen LogP contribution in [0, 0.1) is 0 Å². The Kier molecular flexibility index (Phi) is 3.51. The number of hydrogen-bond donors (Lipinski definition) is 2. The van der Waals surface area contributed by atoms with E-state index < -0.39 is 0 Å². The highest BCUT2D eigenvalue weighted by atomic mass is 16.5. The molecule has 0 aromatic heterocycles. The number of benzene rings is 3. The molecule has 3 aromatic rings. The molecule has 0 spiro atoms. The van der Waals surface area contributed by atoms with Gasteiger partial charge in [-0.25, -0.2) is 0 Å². The lowest BCUT2D eigenvalue weighted by molar-refractivity contribution is 0.0874. The minimum atomic E-state index is -0.233. The number of phenols is 2. The minimum Gasteiger partial charge on any atom is -0.508 e. The molecule has 0 saturated heterocycles. The van der Waals surface area contributed by atoms with Gasteiger partial charge >= 0.3 is 0 Å². The van der Waals surface area contributed by atoms with Crippen LogP contribution in [-0.4, -0.2) is 17.3 Å². The highest BCUT2D eigenvalue weighted by Gasteiger charge is 2.36. The quantitative estimate of drug-likeness (QED) is 0.679. The standard InChI is InChI=1S/C21H18O3/c1-24-21-17-9-5-3-7-15(17)14-6-2-4-8-16(14)20(21)18-12-13(22)10-11-19(18)23/h2-12,20-23H,1H3. The zero-order valence-electron chi connectivity index (χ0n) is 13.3. The van der Waals surface area contributed by atoms with E-state index in [1.54, 1.807) is 13.2 Å². The van der Waals surface area contributed by atoms with Gasteiger partial charge in [-0.3, -0.25) is 0 Å². The first-order valence-corrected chi connectivity index (χ1v) is 7.93. The molecule has 1 aliphatic rings. The second kappa shape index (κ2) is 5.69. The van der Waals surface area contributed by atoms with Gasteiger partial charge in [-0.05, 0) is 40.5 Å². The smallest absolute Gasteiger partial charge is 0.119 e. The Hall–Kier alpha value is -2.78. The summed E-state index contributed by atoms with van der Waals surface area (Å²) < 4.78 is 5.84. The third-order valence-electron chi connectivity index (χ3n) is 4.76. The van der Waals surface area contributed by atoms with E-state index in [-0.39, 0.29) is 23.5 Å². The fourth-order valence-electron chi connectivity index (χ4n) is 3.73. The summed E-state index contributed by atoms with van der Waals surface area (Å²) in [6, 6.07) is 21.0. The number of rotatable bonds is 2. The Morgan fingerprint density at radius 2 is 1.38 bits per heavy atom. The fraction of sp³-hybridized carbons (Fsp3) is 0.143. The molecule has 0 saturated carbocycles. The van der Waals surface area contributed by atoms with Gasteiger partial charge in [0.15, 0.2) is 0 Å². The first-order valence-electron chi connectivity index (χ1n) is 7.93. The SMILES string of the molecule is COC1c2ccccc2-c2ccccc2C1c1cc(O)ccc1O. The monoisotopic (exact) mass is 318 g/mol. The van der Waals surface area contributed by atoms with Gasteiger partial charge in [0.05, 0.1) is 6.10 Å². The Morgan fingerprint density at radius 1 is 0.750 bits per heavy atom. The molecule has 0 heterocycles. The maximum Gasteiger partial charge on any atom is 0.119 e. The van der Waals surface area contributed by atoms with E-state index in [0.29, 0.717) is 5.56 Å². The van der Waals surface area contributed by atoms with Crippen molar-refractivity contribution < 1.29 is 14.9 Å². The first-order chi connectivity index (χ1) is 11.7. The zero-order valence-corrected chi connectivity index (χ0v) is 13.3. The number of aromatic hydroxyl groups is 2. The first kappa shape index (κ1) is 14.8. The average molecular weight is 318 g/mol. The molecule has 24 heavy (non-hydrogen) atoms. The van der Waals surface area contributed by atoms with Gasteiger partial charge in [-0.2, -0.15) is 0 Å². The summed E-state index contributed by atoms with van der Waals surface area (Å²) >= 11 is 0. The third-order valence-corrected chi connectivity index (χ3v) is 4.76. The van der Waals surface area contributed by atoms with Crippen molar-refractivity contribution in [1.29, 1.82) is 0 Å². The van der Waals surface area contributed by atoms with Crippen LogP contribution in [0.3, 0.4) is 0 Å². The lowest BCUT2D eigenvalue weighted by atomic mass is 9.73. The Morgan fingerprint density at radius 3 is 2.08 bits per heavy atom. The van der Waals surface area contributed by atoms with Crippen molar-refractivity contribution in [1.82, 2.24) is 0 Å². The number of methoxy groups -OCH3 is 1. The van der Waals surface area contributed by atoms with Gasteiger partial charge in [0.2, 0.25) is 0 Å². The van der Waals surface area contributed by atoms with Crippen LogP contribution in [0.5, 0.6) is 11.5 Å². The molecule has 0 fully saturated rings. The molecule has 0 radical (unpaired) electrons. The summed E-state index contributed by atoms with van der Waals surface area (Å²) in [6.07, 6.45) is -0.233. The summed E-state index contributed by atoms with van der Waals surface area (Å²) in [5, 5.41) is 20.3. The van der Waals surface area contributed by atoms with Crippen molar-refractivity contribution in [2.45, 2.75) is 12.0 Å². The van der Waals surface area contributed by atoms with Crippen LogP contribution >= 0.6 is 0 Å². The summed E-state index contributed by atoms with van der Waals surface area (Å²) in [5.41, 5.74) is 5.13. The molecule has 1 aliphatic carbocycles. The van der Waals surface area contributed by atoms with Gasteiger partial charge in [-0.15, -0.1) is 0 Å². The zero-order chi connectivity index (χ0) is 16.7. The number of ether oxygens (including phenoxy) is 1.